The Bertz CT molecular complexity index is 2930. The molecule has 0 saturated heterocycles. The number of rotatable bonds is 7. The van der Waals surface area contributed by atoms with Crippen LogP contribution in [-0.4, -0.2) is 0 Å². The van der Waals surface area contributed by atoms with Crippen molar-refractivity contribution in [3.8, 4) is 33.4 Å². The highest BCUT2D eigenvalue weighted by atomic mass is 15.1. The molecule has 1 aliphatic carbocycles. The van der Waals surface area contributed by atoms with Crippen molar-refractivity contribution in [1.82, 2.24) is 0 Å². The van der Waals surface area contributed by atoms with Gasteiger partial charge in [-0.25, -0.2) is 0 Å². The Balaban J connectivity index is 1.17. The zero-order valence-corrected chi connectivity index (χ0v) is 29.5. The van der Waals surface area contributed by atoms with Crippen LogP contribution in [0.25, 0.3) is 44.2 Å². The minimum absolute atomic E-state index is 0.0934. The minimum atomic E-state index is -0.651. The van der Waals surface area contributed by atoms with Gasteiger partial charge in [0.2, 0.25) is 0 Å². The summed E-state index contributed by atoms with van der Waals surface area (Å²) in [5.74, 6) is 0. The molecule has 0 heterocycles. The van der Waals surface area contributed by atoms with Crippen LogP contribution < -0.4 is 4.90 Å². The monoisotopic (exact) mass is 691 g/mol. The number of hydrogen-bond donors (Lipinski definition) is 0. The SMILES string of the molecule is [2H]c1c([2H])c(N(c2ccccc2)c2ccc3c(c2)C(c2ccccc2)(c2ccccc2)c2ccccc2-3)c([2H])c([2H])c1-c1cccc(-c2ccc3ccccc3c2)c1. The van der Waals surface area contributed by atoms with Gasteiger partial charge in [0.25, 0.3) is 0 Å². The third kappa shape index (κ3) is 5.25. The van der Waals surface area contributed by atoms with E-state index in [9.17, 15) is 5.48 Å². The molecule has 0 aromatic heterocycles. The third-order valence-corrected chi connectivity index (χ3v) is 10.8. The maximum atomic E-state index is 9.63. The Labute approximate surface area is 322 Å². The fourth-order valence-electron chi connectivity index (χ4n) is 8.34. The number of hydrogen-bond acceptors (Lipinski definition) is 1. The lowest BCUT2D eigenvalue weighted by Gasteiger charge is -2.35. The van der Waals surface area contributed by atoms with Crippen LogP contribution in [0.1, 0.15) is 27.7 Å². The van der Waals surface area contributed by atoms with Gasteiger partial charge in [0.15, 0.2) is 0 Å². The summed E-state index contributed by atoms with van der Waals surface area (Å²) in [7, 11) is 0. The first kappa shape index (κ1) is 27.7. The number of para-hydroxylation sites is 1. The third-order valence-electron chi connectivity index (χ3n) is 10.8. The van der Waals surface area contributed by atoms with E-state index in [1.54, 1.807) is 0 Å². The van der Waals surface area contributed by atoms with E-state index in [2.05, 4.69) is 115 Å². The molecule has 1 heteroatoms. The Hall–Kier alpha value is -6.96. The van der Waals surface area contributed by atoms with Crippen molar-refractivity contribution in [3.05, 3.63) is 247 Å². The van der Waals surface area contributed by atoms with Gasteiger partial charge < -0.3 is 4.90 Å². The molecular formula is C53H37N. The van der Waals surface area contributed by atoms with Gasteiger partial charge in [0.1, 0.15) is 0 Å². The van der Waals surface area contributed by atoms with Crippen LogP contribution in [-0.2, 0) is 5.41 Å². The van der Waals surface area contributed by atoms with Crippen molar-refractivity contribution >= 4 is 27.8 Å². The van der Waals surface area contributed by atoms with Crippen LogP contribution in [0.15, 0.2) is 224 Å². The van der Waals surface area contributed by atoms with E-state index in [0.717, 1.165) is 61.1 Å². The van der Waals surface area contributed by atoms with Gasteiger partial charge in [-0.1, -0.05) is 176 Å². The molecule has 9 aromatic carbocycles. The van der Waals surface area contributed by atoms with Gasteiger partial charge in [-0.15, -0.1) is 0 Å². The molecular weight excluding hydrogens is 651 g/mol. The average Bonchev–Trinajstić information content (AvgIpc) is 3.58. The zero-order chi connectivity index (χ0) is 39.4. The minimum Gasteiger partial charge on any atom is -0.310 e. The van der Waals surface area contributed by atoms with E-state index >= 15 is 0 Å². The second kappa shape index (κ2) is 13.2. The highest BCUT2D eigenvalue weighted by Gasteiger charge is 2.46. The first-order chi connectivity index (χ1) is 28.4. The van der Waals surface area contributed by atoms with Gasteiger partial charge in [-0.2, -0.15) is 0 Å². The van der Waals surface area contributed by atoms with Crippen molar-refractivity contribution in [1.29, 1.82) is 0 Å². The summed E-state index contributed by atoms with van der Waals surface area (Å²) in [6, 6.07) is 67.8. The Morgan fingerprint density at radius 1 is 0.333 bits per heavy atom. The Morgan fingerprint density at radius 3 is 1.63 bits per heavy atom. The summed E-state index contributed by atoms with van der Waals surface area (Å²) in [5.41, 5.74) is 10.7. The second-order valence-electron chi connectivity index (χ2n) is 13.8. The molecule has 1 nitrogen and oxygen atoms in total. The number of nitrogens with zero attached hydrogens (tertiary/aromatic N) is 1. The normalized spacial score (nSPS) is 13.6. The molecule has 254 valence electrons. The lowest BCUT2D eigenvalue weighted by molar-refractivity contribution is 0.768. The van der Waals surface area contributed by atoms with Crippen LogP contribution in [0.5, 0.6) is 0 Å². The standard InChI is InChI=1S/C53H37N/c1-4-19-44(20-5-1)53(45-21-6-2-7-22-45)51-26-13-12-25-49(51)50-34-33-48(37-52(50)53)54(46-23-8-3-9-24-46)47-31-29-39(30-32-47)41-17-14-18-42(35-41)43-28-27-38-15-10-11-16-40(38)36-43/h1-37H/i29D,30D,31D,32D. The molecule has 0 N–H and O–H groups in total. The molecule has 0 fully saturated rings. The van der Waals surface area contributed by atoms with Crippen molar-refractivity contribution in [2.45, 2.75) is 5.41 Å². The average molecular weight is 692 g/mol. The van der Waals surface area contributed by atoms with Crippen molar-refractivity contribution in [2.75, 3.05) is 4.90 Å². The number of benzene rings is 9. The van der Waals surface area contributed by atoms with Gasteiger partial charge in [-0.05, 0) is 115 Å². The molecule has 0 spiro atoms. The molecule has 0 atom stereocenters. The van der Waals surface area contributed by atoms with Gasteiger partial charge in [0.05, 0.1) is 10.9 Å². The van der Waals surface area contributed by atoms with Crippen LogP contribution in [0.3, 0.4) is 0 Å². The quantitative estimate of drug-likeness (QED) is 0.161. The molecule has 0 radical (unpaired) electrons. The largest absolute Gasteiger partial charge is 0.310 e. The Morgan fingerprint density at radius 2 is 0.907 bits per heavy atom. The number of anilines is 3. The first-order valence-corrected chi connectivity index (χ1v) is 18.4. The van der Waals surface area contributed by atoms with Crippen LogP contribution in [0.2, 0.25) is 0 Å². The lowest BCUT2D eigenvalue weighted by atomic mass is 9.67. The van der Waals surface area contributed by atoms with E-state index in [4.69, 9.17) is 0 Å². The summed E-state index contributed by atoms with van der Waals surface area (Å²) in [4.78, 5) is 1.89. The summed E-state index contributed by atoms with van der Waals surface area (Å²) in [6.45, 7) is 0. The second-order valence-corrected chi connectivity index (χ2v) is 13.8. The lowest BCUT2D eigenvalue weighted by Crippen LogP contribution is -2.28. The van der Waals surface area contributed by atoms with Gasteiger partial charge >= 0.3 is 0 Å². The molecule has 1 aliphatic rings. The van der Waals surface area contributed by atoms with E-state index < -0.39 is 5.41 Å². The molecule has 10 rings (SSSR count). The smallest absolute Gasteiger partial charge is 0.0714 e. The van der Waals surface area contributed by atoms with Crippen molar-refractivity contribution in [3.63, 3.8) is 0 Å². The van der Waals surface area contributed by atoms with E-state index in [0.29, 0.717) is 5.56 Å². The Kier molecular flexibility index (Phi) is 6.77. The fraction of sp³-hybridized carbons (Fsp3) is 0.0189. The molecule has 0 saturated carbocycles. The predicted molar refractivity (Wildman–Crippen MR) is 227 cm³/mol. The zero-order valence-electron chi connectivity index (χ0n) is 33.5. The molecule has 0 amide bonds. The topological polar surface area (TPSA) is 3.24 Å². The molecule has 9 aromatic rings. The summed E-state index contributed by atoms with van der Waals surface area (Å²) < 4.78 is 38.3. The first-order valence-electron chi connectivity index (χ1n) is 20.4. The maximum absolute atomic E-state index is 9.63. The van der Waals surface area contributed by atoms with Crippen LogP contribution in [0.4, 0.5) is 17.1 Å². The maximum Gasteiger partial charge on any atom is 0.0714 e. The number of fused-ring (bicyclic) bond motifs is 4. The fourth-order valence-corrected chi connectivity index (χ4v) is 8.34. The highest BCUT2D eigenvalue weighted by Crippen LogP contribution is 2.57. The predicted octanol–water partition coefficient (Wildman–Crippen LogP) is 14.0. The summed E-state index contributed by atoms with van der Waals surface area (Å²) in [6.07, 6.45) is 0. The van der Waals surface area contributed by atoms with Crippen molar-refractivity contribution < 1.29 is 5.48 Å². The van der Waals surface area contributed by atoms with Crippen LogP contribution in [0, 0.1) is 0 Å². The van der Waals surface area contributed by atoms with Gasteiger partial charge in [-0.3, -0.25) is 0 Å². The molecule has 0 aliphatic heterocycles. The molecule has 0 bridgehead atoms. The van der Waals surface area contributed by atoms with E-state index in [1.165, 1.54) is 5.56 Å². The van der Waals surface area contributed by atoms with E-state index in [-0.39, 0.29) is 35.4 Å². The van der Waals surface area contributed by atoms with Gasteiger partial charge in [0, 0.05) is 17.1 Å². The molecule has 54 heavy (non-hydrogen) atoms. The molecule has 0 unspecified atom stereocenters. The summed E-state index contributed by atoms with van der Waals surface area (Å²) in [5, 5.41) is 2.28. The van der Waals surface area contributed by atoms with E-state index in [1.807, 2.05) is 89.8 Å². The highest BCUT2D eigenvalue weighted by molar-refractivity contribution is 5.90. The van der Waals surface area contributed by atoms with Crippen LogP contribution >= 0.6 is 0 Å². The summed E-state index contributed by atoms with van der Waals surface area (Å²) >= 11 is 0. The van der Waals surface area contributed by atoms with Crippen molar-refractivity contribution in [2.24, 2.45) is 0 Å².